The van der Waals surface area contributed by atoms with Crippen LogP contribution >= 0.6 is 0 Å². The molecule has 0 bridgehead atoms. The molecule has 2 unspecified atom stereocenters. The van der Waals surface area contributed by atoms with Crippen LogP contribution in [0.15, 0.2) is 30.3 Å². The summed E-state index contributed by atoms with van der Waals surface area (Å²) in [7, 11) is 0. The molecule has 2 aliphatic heterocycles. The summed E-state index contributed by atoms with van der Waals surface area (Å²) in [6.07, 6.45) is 2.45. The summed E-state index contributed by atoms with van der Waals surface area (Å²) in [5.41, 5.74) is 6.75. The Balaban J connectivity index is 1.73. The van der Waals surface area contributed by atoms with Gasteiger partial charge in [-0.2, -0.15) is 0 Å². The number of piperidine rings is 1. The summed E-state index contributed by atoms with van der Waals surface area (Å²) < 4.78 is 0. The Morgan fingerprint density at radius 2 is 1.83 bits per heavy atom. The number of hydrogen-bond acceptors (Lipinski definition) is 3. The summed E-state index contributed by atoms with van der Waals surface area (Å²) in [4.78, 5) is 29.4. The van der Waals surface area contributed by atoms with Gasteiger partial charge in [-0.15, -0.1) is 0 Å². The van der Waals surface area contributed by atoms with Crippen LogP contribution in [0.1, 0.15) is 43.5 Å². The van der Waals surface area contributed by atoms with E-state index in [1.807, 2.05) is 35.2 Å². The van der Waals surface area contributed by atoms with Crippen molar-refractivity contribution in [1.29, 1.82) is 0 Å². The highest BCUT2D eigenvalue weighted by atomic mass is 16.2. The summed E-state index contributed by atoms with van der Waals surface area (Å²) in [6.45, 7) is 6.22. The molecule has 24 heavy (non-hydrogen) atoms. The minimum atomic E-state index is -0.331. The zero-order valence-electron chi connectivity index (χ0n) is 14.6. The molecular weight excluding hydrogens is 302 g/mol. The molecule has 0 spiro atoms. The fraction of sp³-hybridized carbons (Fsp3) is 0.579. The van der Waals surface area contributed by atoms with E-state index in [4.69, 9.17) is 5.73 Å². The van der Waals surface area contributed by atoms with Crippen LogP contribution < -0.4 is 5.73 Å². The van der Waals surface area contributed by atoms with E-state index in [1.54, 1.807) is 4.90 Å². The van der Waals surface area contributed by atoms with Crippen LogP contribution in [0.4, 0.5) is 0 Å². The summed E-state index contributed by atoms with van der Waals surface area (Å²) in [5, 5.41) is 0. The third-order valence-electron chi connectivity index (χ3n) is 5.44. The van der Waals surface area contributed by atoms with Crippen molar-refractivity contribution in [2.45, 2.75) is 45.2 Å². The van der Waals surface area contributed by atoms with Gasteiger partial charge in [0.25, 0.3) is 5.91 Å². The van der Waals surface area contributed by atoms with Crippen molar-refractivity contribution < 1.29 is 9.59 Å². The van der Waals surface area contributed by atoms with Crippen molar-refractivity contribution in [2.24, 2.45) is 11.1 Å². The maximum absolute atomic E-state index is 13.0. The third kappa shape index (κ3) is 3.18. The van der Waals surface area contributed by atoms with Crippen LogP contribution in [0.5, 0.6) is 0 Å². The molecule has 5 heteroatoms. The Morgan fingerprint density at radius 3 is 2.50 bits per heavy atom. The molecule has 2 N–H and O–H groups in total. The minimum absolute atomic E-state index is 0.0422. The summed E-state index contributed by atoms with van der Waals surface area (Å²) in [6, 6.07) is 9.01. The number of nitrogens with two attached hydrogens (primary N) is 1. The van der Waals surface area contributed by atoms with Crippen molar-refractivity contribution >= 4 is 11.8 Å². The van der Waals surface area contributed by atoms with E-state index >= 15 is 0 Å². The van der Waals surface area contributed by atoms with Gasteiger partial charge in [-0.1, -0.05) is 32.0 Å². The molecule has 0 aromatic heterocycles. The maximum atomic E-state index is 13.0. The summed E-state index contributed by atoms with van der Waals surface area (Å²) in [5.74, 6) is 0.0381. The van der Waals surface area contributed by atoms with Crippen molar-refractivity contribution in [1.82, 2.24) is 9.80 Å². The Morgan fingerprint density at radius 1 is 1.12 bits per heavy atom. The molecule has 2 fully saturated rings. The molecule has 3 rings (SSSR count). The van der Waals surface area contributed by atoms with Gasteiger partial charge in [0.2, 0.25) is 5.91 Å². The lowest BCUT2D eigenvalue weighted by atomic mass is 9.79. The van der Waals surface area contributed by atoms with Crippen molar-refractivity contribution in [3.8, 4) is 0 Å². The Kier molecular flexibility index (Phi) is 4.63. The highest BCUT2D eigenvalue weighted by molar-refractivity contribution is 5.98. The third-order valence-corrected chi connectivity index (χ3v) is 5.44. The number of carbonyl (C=O) groups is 2. The van der Waals surface area contributed by atoms with Crippen molar-refractivity contribution in [3.05, 3.63) is 35.9 Å². The van der Waals surface area contributed by atoms with Crippen LogP contribution in [-0.4, -0.2) is 53.3 Å². The molecule has 0 radical (unpaired) electrons. The first-order chi connectivity index (χ1) is 11.4. The number of likely N-dealkylation sites (tertiary alicyclic amines) is 2. The van der Waals surface area contributed by atoms with E-state index < -0.39 is 0 Å². The number of nitrogens with zero attached hydrogens (tertiary/aromatic N) is 2. The van der Waals surface area contributed by atoms with E-state index in [2.05, 4.69) is 13.8 Å². The van der Waals surface area contributed by atoms with Gasteiger partial charge in [0.1, 0.15) is 6.04 Å². The average molecular weight is 329 g/mol. The van der Waals surface area contributed by atoms with Gasteiger partial charge in [-0.3, -0.25) is 9.59 Å². The van der Waals surface area contributed by atoms with E-state index in [9.17, 15) is 9.59 Å². The van der Waals surface area contributed by atoms with Gasteiger partial charge in [0, 0.05) is 31.2 Å². The molecule has 2 atom stereocenters. The zero-order valence-corrected chi connectivity index (χ0v) is 14.6. The predicted octanol–water partition coefficient (Wildman–Crippen LogP) is 1.88. The second kappa shape index (κ2) is 6.55. The van der Waals surface area contributed by atoms with Crippen LogP contribution in [0.3, 0.4) is 0 Å². The first kappa shape index (κ1) is 17.0. The molecule has 5 nitrogen and oxygen atoms in total. The number of rotatable bonds is 2. The number of benzene rings is 1. The number of hydrogen-bond donors (Lipinski definition) is 1. The first-order valence-corrected chi connectivity index (χ1v) is 8.80. The molecule has 0 aliphatic carbocycles. The van der Waals surface area contributed by atoms with Gasteiger partial charge >= 0.3 is 0 Å². The second-order valence-corrected chi connectivity index (χ2v) is 7.67. The fourth-order valence-electron chi connectivity index (χ4n) is 3.79. The minimum Gasteiger partial charge on any atom is -0.340 e. The fourth-order valence-corrected chi connectivity index (χ4v) is 3.79. The average Bonchev–Trinajstić information content (AvgIpc) is 3.06. The normalized spacial score (nSPS) is 26.5. The standard InChI is InChI=1S/C19H27N3O2/c1-19(2)13-21(12-10-16(19)20)18(24)15-9-6-11-22(15)17(23)14-7-4-3-5-8-14/h3-5,7-8,15-16H,6,9-13,20H2,1-2H3. The van der Waals surface area contributed by atoms with Gasteiger partial charge in [0.15, 0.2) is 0 Å². The predicted molar refractivity (Wildman–Crippen MR) is 93.5 cm³/mol. The lowest BCUT2D eigenvalue weighted by Gasteiger charge is -2.44. The molecular formula is C19H27N3O2. The summed E-state index contributed by atoms with van der Waals surface area (Å²) >= 11 is 0. The number of amides is 2. The molecule has 1 aromatic rings. The van der Waals surface area contributed by atoms with E-state index in [0.717, 1.165) is 19.3 Å². The Bertz CT molecular complexity index is 614. The van der Waals surface area contributed by atoms with Gasteiger partial charge in [-0.25, -0.2) is 0 Å². The van der Waals surface area contributed by atoms with Crippen LogP contribution in [0.25, 0.3) is 0 Å². The smallest absolute Gasteiger partial charge is 0.254 e. The molecule has 2 amide bonds. The van der Waals surface area contributed by atoms with Crippen molar-refractivity contribution in [2.75, 3.05) is 19.6 Å². The largest absolute Gasteiger partial charge is 0.340 e. The Labute approximate surface area is 143 Å². The number of carbonyl (C=O) groups excluding carboxylic acids is 2. The lowest BCUT2D eigenvalue weighted by Crippen LogP contribution is -2.57. The molecule has 2 aliphatic rings. The lowest BCUT2D eigenvalue weighted by molar-refractivity contribution is -0.138. The zero-order chi connectivity index (χ0) is 17.3. The monoisotopic (exact) mass is 329 g/mol. The van der Waals surface area contributed by atoms with Crippen molar-refractivity contribution in [3.63, 3.8) is 0 Å². The highest BCUT2D eigenvalue weighted by Gasteiger charge is 2.41. The van der Waals surface area contributed by atoms with E-state index in [-0.39, 0.29) is 29.3 Å². The van der Waals surface area contributed by atoms with Gasteiger partial charge in [-0.05, 0) is 36.8 Å². The molecule has 2 heterocycles. The second-order valence-electron chi connectivity index (χ2n) is 7.67. The highest BCUT2D eigenvalue weighted by Crippen LogP contribution is 2.30. The molecule has 0 saturated carbocycles. The Hall–Kier alpha value is -1.88. The van der Waals surface area contributed by atoms with E-state index in [1.165, 1.54) is 0 Å². The molecule has 130 valence electrons. The quantitative estimate of drug-likeness (QED) is 0.901. The van der Waals surface area contributed by atoms with Gasteiger partial charge < -0.3 is 15.5 Å². The molecule has 2 saturated heterocycles. The van der Waals surface area contributed by atoms with Crippen LogP contribution in [0.2, 0.25) is 0 Å². The van der Waals surface area contributed by atoms with Crippen LogP contribution in [0, 0.1) is 5.41 Å². The topological polar surface area (TPSA) is 66.6 Å². The first-order valence-electron chi connectivity index (χ1n) is 8.80. The SMILES string of the molecule is CC1(C)CN(C(=O)C2CCCN2C(=O)c2ccccc2)CCC1N. The molecule has 1 aromatic carbocycles. The maximum Gasteiger partial charge on any atom is 0.254 e. The van der Waals surface area contributed by atoms with Gasteiger partial charge in [0.05, 0.1) is 0 Å². The van der Waals surface area contributed by atoms with E-state index in [0.29, 0.717) is 25.2 Å². The van der Waals surface area contributed by atoms with Crippen LogP contribution in [-0.2, 0) is 4.79 Å².